The van der Waals surface area contributed by atoms with Crippen molar-refractivity contribution < 1.29 is 13.9 Å². The average Bonchev–Trinajstić information content (AvgIpc) is 2.86. The monoisotopic (exact) mass is 476 g/mol. The minimum Gasteiger partial charge on any atom is -0.453 e. The number of hydrogen-bond donors (Lipinski definition) is 3. The maximum Gasteiger partial charge on any atom is 0.211 e. The van der Waals surface area contributed by atoms with Crippen LogP contribution in [0.3, 0.4) is 0 Å². The van der Waals surface area contributed by atoms with Crippen molar-refractivity contribution in [3.8, 4) is 11.5 Å². The number of ether oxygens (including phenoxy) is 1. The standard InChI is InChI=1S/C26H29FN6O2/c1-17(2)33-9-6-19(7-10-33)30-14-18(13-28)23-12-24-21(15-31-23)25(5-8-29-24)35-26-4-3-20(32-16-34)11-22(26)27/h3-5,8,11-17,19,28,30H,6-7,9-10H2,1-2H3,(H,32,34)/b18-14+,28-13?. The van der Waals surface area contributed by atoms with Crippen molar-refractivity contribution in [3.63, 3.8) is 0 Å². The molecule has 9 heteroatoms. The molecule has 182 valence electrons. The zero-order valence-electron chi connectivity index (χ0n) is 19.8. The lowest BCUT2D eigenvalue weighted by Crippen LogP contribution is -2.43. The summed E-state index contributed by atoms with van der Waals surface area (Å²) >= 11 is 0. The average molecular weight is 477 g/mol. The Labute approximate surface area is 203 Å². The highest BCUT2D eigenvalue weighted by Crippen LogP contribution is 2.31. The van der Waals surface area contributed by atoms with Gasteiger partial charge in [0.1, 0.15) is 5.75 Å². The number of amides is 1. The normalized spacial score (nSPS) is 15.3. The summed E-state index contributed by atoms with van der Waals surface area (Å²) in [6.07, 6.45) is 8.90. The van der Waals surface area contributed by atoms with Crippen LogP contribution >= 0.6 is 0 Å². The summed E-state index contributed by atoms with van der Waals surface area (Å²) in [4.78, 5) is 21.9. The molecule has 1 aliphatic rings. The van der Waals surface area contributed by atoms with Crippen LogP contribution < -0.4 is 15.4 Å². The molecule has 1 aromatic carbocycles. The van der Waals surface area contributed by atoms with E-state index in [0.717, 1.165) is 25.9 Å². The first-order valence-electron chi connectivity index (χ1n) is 11.6. The third kappa shape index (κ3) is 5.81. The van der Waals surface area contributed by atoms with Crippen molar-refractivity contribution in [2.45, 2.75) is 38.8 Å². The fraction of sp³-hybridized carbons (Fsp3) is 0.308. The van der Waals surface area contributed by atoms with Gasteiger partial charge in [-0.1, -0.05) is 0 Å². The van der Waals surface area contributed by atoms with E-state index in [-0.39, 0.29) is 5.75 Å². The fourth-order valence-corrected chi connectivity index (χ4v) is 4.10. The highest BCUT2D eigenvalue weighted by atomic mass is 19.1. The van der Waals surface area contributed by atoms with E-state index in [1.165, 1.54) is 18.3 Å². The fourth-order valence-electron chi connectivity index (χ4n) is 4.10. The Morgan fingerprint density at radius 1 is 1.20 bits per heavy atom. The zero-order valence-corrected chi connectivity index (χ0v) is 19.8. The number of aromatic nitrogens is 2. The van der Waals surface area contributed by atoms with Gasteiger partial charge in [-0.25, -0.2) is 4.39 Å². The molecule has 0 atom stereocenters. The van der Waals surface area contributed by atoms with Crippen LogP contribution in [-0.4, -0.2) is 52.7 Å². The number of carbonyl (C=O) groups is 1. The number of benzene rings is 1. The molecule has 0 spiro atoms. The molecule has 3 heterocycles. The SMILES string of the molecule is CC(C)N1CCC(N/C=C(\C=N)c2cc3nccc(Oc4ccc(NC=O)cc4F)c3cn2)CC1. The lowest BCUT2D eigenvalue weighted by molar-refractivity contribution is -0.105. The van der Waals surface area contributed by atoms with E-state index in [2.05, 4.69) is 39.3 Å². The van der Waals surface area contributed by atoms with Crippen LogP contribution in [0.25, 0.3) is 16.5 Å². The molecule has 3 N–H and O–H groups in total. The van der Waals surface area contributed by atoms with Crippen LogP contribution in [0, 0.1) is 11.2 Å². The Bertz CT molecular complexity index is 1240. The molecular weight excluding hydrogens is 447 g/mol. The molecule has 0 unspecified atom stereocenters. The third-order valence-corrected chi connectivity index (χ3v) is 6.15. The lowest BCUT2D eigenvalue weighted by atomic mass is 10.0. The van der Waals surface area contributed by atoms with E-state index < -0.39 is 5.82 Å². The number of pyridine rings is 2. The van der Waals surface area contributed by atoms with E-state index in [0.29, 0.717) is 52.1 Å². The summed E-state index contributed by atoms with van der Waals surface area (Å²) in [7, 11) is 0. The third-order valence-electron chi connectivity index (χ3n) is 6.15. The Kier molecular flexibility index (Phi) is 7.67. The molecule has 1 fully saturated rings. The number of fused-ring (bicyclic) bond motifs is 1. The highest BCUT2D eigenvalue weighted by molar-refractivity contribution is 6.08. The maximum atomic E-state index is 14.4. The molecule has 2 aromatic heterocycles. The predicted octanol–water partition coefficient (Wildman–Crippen LogP) is 4.58. The largest absolute Gasteiger partial charge is 0.453 e. The highest BCUT2D eigenvalue weighted by Gasteiger charge is 2.20. The van der Waals surface area contributed by atoms with E-state index in [1.54, 1.807) is 30.6 Å². The van der Waals surface area contributed by atoms with Crippen molar-refractivity contribution in [2.24, 2.45) is 0 Å². The maximum absolute atomic E-state index is 14.4. The van der Waals surface area contributed by atoms with Crippen LogP contribution in [0.15, 0.2) is 48.9 Å². The zero-order chi connectivity index (χ0) is 24.8. The second-order valence-corrected chi connectivity index (χ2v) is 8.72. The van der Waals surface area contributed by atoms with Gasteiger partial charge in [0.15, 0.2) is 11.6 Å². The van der Waals surface area contributed by atoms with Crippen molar-refractivity contribution in [1.29, 1.82) is 5.41 Å². The number of hydrogen-bond acceptors (Lipinski definition) is 7. The number of likely N-dealkylation sites (tertiary alicyclic amines) is 1. The number of allylic oxidation sites excluding steroid dienone is 1. The van der Waals surface area contributed by atoms with Gasteiger partial charge in [-0.05, 0) is 51.0 Å². The minimum absolute atomic E-state index is 0.0193. The summed E-state index contributed by atoms with van der Waals surface area (Å²) in [5, 5.41) is 14.3. The van der Waals surface area contributed by atoms with Crippen molar-refractivity contribution in [1.82, 2.24) is 20.2 Å². The second-order valence-electron chi connectivity index (χ2n) is 8.72. The van der Waals surface area contributed by atoms with Gasteiger partial charge in [0.2, 0.25) is 6.41 Å². The van der Waals surface area contributed by atoms with Gasteiger partial charge in [-0.2, -0.15) is 0 Å². The Hall–Kier alpha value is -3.85. The van der Waals surface area contributed by atoms with Gasteiger partial charge < -0.3 is 25.7 Å². The first-order chi connectivity index (χ1) is 17.0. The summed E-state index contributed by atoms with van der Waals surface area (Å²) in [6, 6.07) is 8.53. The molecule has 1 amide bonds. The number of carbonyl (C=O) groups excluding carboxylic acids is 1. The van der Waals surface area contributed by atoms with Crippen LogP contribution in [0.5, 0.6) is 11.5 Å². The molecule has 0 bridgehead atoms. The molecule has 1 aliphatic heterocycles. The number of nitrogens with zero attached hydrogens (tertiary/aromatic N) is 3. The topological polar surface area (TPSA) is 103 Å². The summed E-state index contributed by atoms with van der Waals surface area (Å²) < 4.78 is 20.2. The lowest BCUT2D eigenvalue weighted by Gasteiger charge is -2.34. The molecule has 0 aliphatic carbocycles. The smallest absolute Gasteiger partial charge is 0.211 e. The van der Waals surface area contributed by atoms with E-state index in [9.17, 15) is 9.18 Å². The van der Waals surface area contributed by atoms with Gasteiger partial charge in [-0.15, -0.1) is 0 Å². The summed E-state index contributed by atoms with van der Waals surface area (Å²) in [5.74, 6) is -0.184. The molecule has 35 heavy (non-hydrogen) atoms. The predicted molar refractivity (Wildman–Crippen MR) is 135 cm³/mol. The second kappa shape index (κ2) is 11.1. The first kappa shape index (κ1) is 24.3. The molecule has 4 rings (SSSR count). The molecule has 0 saturated carbocycles. The number of halogens is 1. The molecule has 0 radical (unpaired) electrons. The summed E-state index contributed by atoms with van der Waals surface area (Å²) in [6.45, 7) is 6.55. The number of rotatable bonds is 9. The van der Waals surface area contributed by atoms with Gasteiger partial charge >= 0.3 is 0 Å². The number of nitrogens with one attached hydrogen (secondary N) is 3. The Morgan fingerprint density at radius 3 is 2.69 bits per heavy atom. The quantitative estimate of drug-likeness (QED) is 0.309. The van der Waals surface area contributed by atoms with Gasteiger partial charge in [0.25, 0.3) is 0 Å². The van der Waals surface area contributed by atoms with Crippen molar-refractivity contribution in [2.75, 3.05) is 18.4 Å². The van der Waals surface area contributed by atoms with E-state index in [1.807, 2.05) is 6.20 Å². The molecule has 1 saturated heterocycles. The van der Waals surface area contributed by atoms with Crippen LogP contribution in [0.4, 0.5) is 10.1 Å². The first-order valence-corrected chi connectivity index (χ1v) is 11.6. The molecule has 3 aromatic rings. The van der Waals surface area contributed by atoms with Gasteiger partial charge in [0.05, 0.1) is 16.6 Å². The van der Waals surface area contributed by atoms with Crippen molar-refractivity contribution >= 4 is 34.8 Å². The number of piperidine rings is 1. The molecule has 8 nitrogen and oxygen atoms in total. The van der Waals surface area contributed by atoms with Crippen LogP contribution in [0.1, 0.15) is 32.4 Å². The van der Waals surface area contributed by atoms with Crippen LogP contribution in [0.2, 0.25) is 0 Å². The van der Waals surface area contributed by atoms with E-state index in [4.69, 9.17) is 10.1 Å². The van der Waals surface area contributed by atoms with Crippen LogP contribution in [-0.2, 0) is 4.79 Å². The van der Waals surface area contributed by atoms with Crippen molar-refractivity contribution in [3.05, 3.63) is 60.4 Å². The summed E-state index contributed by atoms with van der Waals surface area (Å²) in [5.41, 5.74) is 2.21. The Morgan fingerprint density at radius 2 is 2.00 bits per heavy atom. The number of anilines is 1. The Balaban J connectivity index is 1.51. The van der Waals surface area contributed by atoms with Gasteiger partial charge in [0, 0.05) is 67.3 Å². The molecular formula is C26H29FN6O2. The minimum atomic E-state index is -0.606. The van der Waals surface area contributed by atoms with Gasteiger partial charge in [-0.3, -0.25) is 14.8 Å². The van der Waals surface area contributed by atoms with E-state index >= 15 is 0 Å².